The molecule has 3 aromatic carbocycles. The highest BCUT2D eigenvalue weighted by molar-refractivity contribution is 5.85. The summed E-state index contributed by atoms with van der Waals surface area (Å²) in [6.45, 7) is 6.21. The Labute approximate surface area is 186 Å². The summed E-state index contributed by atoms with van der Waals surface area (Å²) in [5.74, 6) is 1.59. The van der Waals surface area contributed by atoms with Crippen molar-refractivity contribution in [3.8, 4) is 11.5 Å². The van der Waals surface area contributed by atoms with Crippen LogP contribution in [-0.4, -0.2) is 12.6 Å². The van der Waals surface area contributed by atoms with Crippen LogP contribution in [0.25, 0.3) is 0 Å². The molecule has 0 aliphatic rings. The molecule has 1 atom stereocenters. The third kappa shape index (κ3) is 7.74. The Morgan fingerprint density at radius 3 is 2.10 bits per heavy atom. The zero-order valence-electron chi connectivity index (χ0n) is 17.8. The van der Waals surface area contributed by atoms with Crippen LogP contribution in [0.1, 0.15) is 37.0 Å². The quantitative estimate of drug-likeness (QED) is 0.397. The molecule has 160 valence electrons. The van der Waals surface area contributed by atoms with Gasteiger partial charge in [-0.1, -0.05) is 66.7 Å². The van der Waals surface area contributed by atoms with Gasteiger partial charge in [-0.15, -0.1) is 12.4 Å². The van der Waals surface area contributed by atoms with E-state index in [4.69, 9.17) is 9.47 Å². The van der Waals surface area contributed by atoms with Crippen molar-refractivity contribution in [3.63, 3.8) is 0 Å². The van der Waals surface area contributed by atoms with Crippen molar-refractivity contribution >= 4 is 12.4 Å². The predicted molar refractivity (Wildman–Crippen MR) is 127 cm³/mol. The molecule has 0 aliphatic carbocycles. The summed E-state index contributed by atoms with van der Waals surface area (Å²) < 4.78 is 11.8. The largest absolute Gasteiger partial charge is 0.490 e. The van der Waals surface area contributed by atoms with E-state index in [1.54, 1.807) is 0 Å². The van der Waals surface area contributed by atoms with Gasteiger partial charge in [0.05, 0.1) is 6.61 Å². The average molecular weight is 426 g/mol. The van der Waals surface area contributed by atoms with E-state index in [9.17, 15) is 0 Å². The lowest BCUT2D eigenvalue weighted by atomic mass is 10.1. The second-order valence-electron chi connectivity index (χ2n) is 7.29. The number of hydrogen-bond acceptors (Lipinski definition) is 3. The van der Waals surface area contributed by atoms with Gasteiger partial charge in [0.2, 0.25) is 0 Å². The average Bonchev–Trinajstić information content (AvgIpc) is 2.77. The Bertz CT molecular complexity index is 855. The van der Waals surface area contributed by atoms with Gasteiger partial charge in [0, 0.05) is 12.6 Å². The molecule has 0 amide bonds. The number of aryl methyl sites for hydroxylation is 1. The zero-order valence-corrected chi connectivity index (χ0v) is 18.7. The summed E-state index contributed by atoms with van der Waals surface area (Å²) in [7, 11) is 0. The number of ether oxygens (including phenoxy) is 2. The number of halogens is 1. The molecule has 0 bridgehead atoms. The molecule has 3 nitrogen and oxygen atoms in total. The van der Waals surface area contributed by atoms with Gasteiger partial charge in [0.25, 0.3) is 0 Å². The Kier molecular flexibility index (Phi) is 10.3. The minimum atomic E-state index is 0. The van der Waals surface area contributed by atoms with Gasteiger partial charge < -0.3 is 14.8 Å². The van der Waals surface area contributed by atoms with Crippen molar-refractivity contribution in [2.45, 2.75) is 45.9 Å². The van der Waals surface area contributed by atoms with Crippen molar-refractivity contribution in [1.29, 1.82) is 0 Å². The molecule has 3 aromatic rings. The molecule has 0 aliphatic heterocycles. The topological polar surface area (TPSA) is 30.5 Å². The first-order valence-corrected chi connectivity index (χ1v) is 10.4. The normalized spacial score (nSPS) is 11.4. The Morgan fingerprint density at radius 2 is 1.43 bits per heavy atom. The lowest BCUT2D eigenvalue weighted by Crippen LogP contribution is -2.26. The van der Waals surface area contributed by atoms with Gasteiger partial charge in [0.1, 0.15) is 6.61 Å². The fourth-order valence-corrected chi connectivity index (χ4v) is 3.21. The monoisotopic (exact) mass is 425 g/mol. The molecule has 0 saturated carbocycles. The summed E-state index contributed by atoms with van der Waals surface area (Å²) in [4.78, 5) is 0. The van der Waals surface area contributed by atoms with Crippen molar-refractivity contribution in [3.05, 3.63) is 95.6 Å². The van der Waals surface area contributed by atoms with Crippen molar-refractivity contribution in [2.75, 3.05) is 6.61 Å². The molecule has 0 saturated heterocycles. The van der Waals surface area contributed by atoms with Gasteiger partial charge in [0.15, 0.2) is 11.5 Å². The van der Waals surface area contributed by atoms with E-state index >= 15 is 0 Å². The molecule has 0 fully saturated rings. The van der Waals surface area contributed by atoms with Crippen LogP contribution in [0, 0.1) is 0 Å². The van der Waals surface area contributed by atoms with E-state index in [2.05, 4.69) is 66.8 Å². The molecule has 1 unspecified atom stereocenters. The highest BCUT2D eigenvalue weighted by Crippen LogP contribution is 2.29. The lowest BCUT2D eigenvalue weighted by molar-refractivity contribution is 0.269. The molecule has 0 aromatic heterocycles. The van der Waals surface area contributed by atoms with Crippen LogP contribution < -0.4 is 14.8 Å². The van der Waals surface area contributed by atoms with Gasteiger partial charge in [-0.2, -0.15) is 0 Å². The van der Waals surface area contributed by atoms with Gasteiger partial charge in [-0.25, -0.2) is 0 Å². The highest BCUT2D eigenvalue weighted by Gasteiger charge is 2.09. The third-order valence-electron chi connectivity index (χ3n) is 4.91. The summed E-state index contributed by atoms with van der Waals surface area (Å²) in [5, 5.41) is 3.62. The zero-order chi connectivity index (χ0) is 20.3. The maximum Gasteiger partial charge on any atom is 0.161 e. The van der Waals surface area contributed by atoms with Gasteiger partial charge in [-0.05, 0) is 55.5 Å². The smallest absolute Gasteiger partial charge is 0.161 e. The van der Waals surface area contributed by atoms with Gasteiger partial charge >= 0.3 is 0 Å². The van der Waals surface area contributed by atoms with Crippen LogP contribution in [0.2, 0.25) is 0 Å². The van der Waals surface area contributed by atoms with E-state index in [0.29, 0.717) is 19.3 Å². The maximum absolute atomic E-state index is 6.00. The maximum atomic E-state index is 6.00. The highest BCUT2D eigenvalue weighted by atomic mass is 35.5. The van der Waals surface area contributed by atoms with E-state index in [0.717, 1.165) is 36.4 Å². The van der Waals surface area contributed by atoms with E-state index in [1.807, 2.05) is 31.2 Å². The minimum Gasteiger partial charge on any atom is -0.490 e. The second-order valence-corrected chi connectivity index (χ2v) is 7.29. The first-order valence-electron chi connectivity index (χ1n) is 10.4. The molecular formula is C26H32ClNO2. The van der Waals surface area contributed by atoms with Crippen LogP contribution in [0.3, 0.4) is 0 Å². The molecule has 0 radical (unpaired) electrons. The fourth-order valence-electron chi connectivity index (χ4n) is 3.21. The number of rotatable bonds is 11. The molecule has 1 N–H and O–H groups in total. The van der Waals surface area contributed by atoms with Crippen LogP contribution >= 0.6 is 12.4 Å². The van der Waals surface area contributed by atoms with Crippen molar-refractivity contribution in [1.82, 2.24) is 5.32 Å². The summed E-state index contributed by atoms with van der Waals surface area (Å²) >= 11 is 0. The van der Waals surface area contributed by atoms with Crippen molar-refractivity contribution in [2.24, 2.45) is 0 Å². The SMILES string of the molecule is CCOc1cc(CNC(C)CCc2ccccc2)ccc1OCc1ccccc1.Cl. The summed E-state index contributed by atoms with van der Waals surface area (Å²) in [6, 6.07) is 27.5. The minimum absolute atomic E-state index is 0. The van der Waals surface area contributed by atoms with Crippen LogP contribution in [0.4, 0.5) is 0 Å². The Balaban J connectivity index is 0.00000320. The Morgan fingerprint density at radius 1 is 0.767 bits per heavy atom. The van der Waals surface area contributed by atoms with E-state index < -0.39 is 0 Å². The number of benzene rings is 3. The standard InChI is InChI=1S/C26H31NO2.ClH/c1-3-28-26-18-24(16-17-25(26)29-20-23-12-8-5-9-13-23)19-27-21(2)14-15-22-10-6-4-7-11-22;/h4-13,16-18,21,27H,3,14-15,19-20H2,1-2H3;1H. The molecular weight excluding hydrogens is 394 g/mol. The first kappa shape index (κ1) is 23.8. The van der Waals surface area contributed by atoms with Crippen LogP contribution in [0.15, 0.2) is 78.9 Å². The van der Waals surface area contributed by atoms with Crippen LogP contribution in [-0.2, 0) is 19.6 Å². The molecule has 4 heteroatoms. The fraction of sp³-hybridized carbons (Fsp3) is 0.308. The predicted octanol–water partition coefficient (Wildman–Crippen LogP) is 6.20. The third-order valence-corrected chi connectivity index (χ3v) is 4.91. The van der Waals surface area contributed by atoms with Crippen LogP contribution in [0.5, 0.6) is 11.5 Å². The molecule has 3 rings (SSSR count). The first-order chi connectivity index (χ1) is 14.2. The Hall–Kier alpha value is -2.49. The second kappa shape index (κ2) is 12.9. The molecule has 0 spiro atoms. The van der Waals surface area contributed by atoms with E-state index in [1.165, 1.54) is 11.1 Å². The molecule has 0 heterocycles. The summed E-state index contributed by atoms with van der Waals surface area (Å²) in [6.07, 6.45) is 2.20. The van der Waals surface area contributed by atoms with E-state index in [-0.39, 0.29) is 12.4 Å². The summed E-state index contributed by atoms with van der Waals surface area (Å²) in [5.41, 5.74) is 3.74. The van der Waals surface area contributed by atoms with Crippen molar-refractivity contribution < 1.29 is 9.47 Å². The number of hydrogen-bond donors (Lipinski definition) is 1. The lowest BCUT2D eigenvalue weighted by Gasteiger charge is -2.16. The molecule has 30 heavy (non-hydrogen) atoms. The van der Waals surface area contributed by atoms with Gasteiger partial charge in [-0.3, -0.25) is 0 Å². The number of nitrogens with one attached hydrogen (secondary N) is 1.